The van der Waals surface area contributed by atoms with Gasteiger partial charge in [0, 0.05) is 38.0 Å². The highest BCUT2D eigenvalue weighted by atomic mass is 16.5. The molecule has 7 heteroatoms. The van der Waals surface area contributed by atoms with Crippen molar-refractivity contribution in [1.29, 1.82) is 0 Å². The zero-order valence-electron chi connectivity index (χ0n) is 17.9. The van der Waals surface area contributed by atoms with E-state index in [1.54, 1.807) is 7.05 Å². The van der Waals surface area contributed by atoms with Gasteiger partial charge in [0.25, 0.3) is 0 Å². The molecule has 7 nitrogen and oxygen atoms in total. The Labute approximate surface area is 168 Å². The fourth-order valence-electron chi connectivity index (χ4n) is 2.51. The molecule has 0 saturated carbocycles. The van der Waals surface area contributed by atoms with Crippen LogP contribution in [0.25, 0.3) is 0 Å². The van der Waals surface area contributed by atoms with Crippen LogP contribution in [-0.4, -0.2) is 35.8 Å². The lowest BCUT2D eigenvalue weighted by atomic mass is 10.1. The molecule has 154 valence electrons. The van der Waals surface area contributed by atoms with Gasteiger partial charge in [-0.15, -0.1) is 0 Å². The first-order valence-electron chi connectivity index (χ1n) is 9.96. The monoisotopic (exact) mass is 387 g/mol. The minimum atomic E-state index is 0.183. The largest absolute Gasteiger partial charge is 0.490 e. The average molecular weight is 388 g/mol. The lowest BCUT2D eigenvalue weighted by Gasteiger charge is -2.18. The Bertz CT molecular complexity index is 770. The van der Waals surface area contributed by atoms with Gasteiger partial charge in [0.15, 0.2) is 11.8 Å². The van der Waals surface area contributed by atoms with Gasteiger partial charge in [-0.05, 0) is 31.9 Å². The van der Waals surface area contributed by atoms with E-state index in [-0.39, 0.29) is 12.0 Å². The number of aryl methyl sites for hydroxylation is 1. The molecule has 2 N–H and O–H groups in total. The van der Waals surface area contributed by atoms with E-state index in [4.69, 9.17) is 9.26 Å². The van der Waals surface area contributed by atoms with Crippen molar-refractivity contribution in [1.82, 2.24) is 20.8 Å². The first kappa shape index (κ1) is 21.7. The van der Waals surface area contributed by atoms with E-state index in [0.29, 0.717) is 25.4 Å². The SMILES string of the molecule is CCC(C)Oc1cc(C)ccc1CNC(=NC)NCCc1nc(C(C)C)no1. The lowest BCUT2D eigenvalue weighted by molar-refractivity contribution is 0.215. The minimum Gasteiger partial charge on any atom is -0.490 e. The highest BCUT2D eigenvalue weighted by Gasteiger charge is 2.11. The molecule has 0 radical (unpaired) electrons. The maximum Gasteiger partial charge on any atom is 0.228 e. The molecule has 1 unspecified atom stereocenters. The Morgan fingerprint density at radius 3 is 2.68 bits per heavy atom. The second-order valence-corrected chi connectivity index (χ2v) is 7.25. The molecule has 28 heavy (non-hydrogen) atoms. The summed E-state index contributed by atoms with van der Waals surface area (Å²) in [6, 6.07) is 6.28. The van der Waals surface area contributed by atoms with Crippen LogP contribution in [0, 0.1) is 6.92 Å². The molecule has 2 aromatic rings. The fraction of sp³-hybridized carbons (Fsp3) is 0.571. The van der Waals surface area contributed by atoms with Gasteiger partial charge in [0.05, 0.1) is 6.10 Å². The van der Waals surface area contributed by atoms with Crippen molar-refractivity contribution in [2.24, 2.45) is 4.99 Å². The molecule has 0 fully saturated rings. The summed E-state index contributed by atoms with van der Waals surface area (Å²) in [5.74, 6) is 3.28. The number of rotatable bonds is 9. The smallest absolute Gasteiger partial charge is 0.228 e. The number of hydrogen-bond donors (Lipinski definition) is 2. The normalized spacial score (nSPS) is 12.9. The number of benzene rings is 1. The first-order chi connectivity index (χ1) is 13.4. The molecule has 1 aromatic carbocycles. The number of hydrogen-bond acceptors (Lipinski definition) is 5. The second-order valence-electron chi connectivity index (χ2n) is 7.25. The van der Waals surface area contributed by atoms with Crippen LogP contribution in [0.3, 0.4) is 0 Å². The van der Waals surface area contributed by atoms with Crippen LogP contribution in [0.1, 0.15) is 62.9 Å². The van der Waals surface area contributed by atoms with Crippen LogP contribution in [0.2, 0.25) is 0 Å². The Kier molecular flexibility index (Phi) is 8.29. The lowest BCUT2D eigenvalue weighted by Crippen LogP contribution is -2.38. The molecule has 1 atom stereocenters. The highest BCUT2D eigenvalue weighted by Crippen LogP contribution is 2.22. The molecule has 0 aliphatic rings. The van der Waals surface area contributed by atoms with Crippen molar-refractivity contribution in [2.75, 3.05) is 13.6 Å². The molecule has 0 aliphatic carbocycles. The van der Waals surface area contributed by atoms with E-state index in [1.807, 2.05) is 13.8 Å². The van der Waals surface area contributed by atoms with Crippen LogP contribution in [0.4, 0.5) is 0 Å². The topological polar surface area (TPSA) is 84.6 Å². The summed E-state index contributed by atoms with van der Waals surface area (Å²) in [4.78, 5) is 8.67. The third-order valence-corrected chi connectivity index (χ3v) is 4.43. The van der Waals surface area contributed by atoms with Gasteiger partial charge in [0.2, 0.25) is 5.89 Å². The van der Waals surface area contributed by atoms with Crippen LogP contribution in [-0.2, 0) is 13.0 Å². The van der Waals surface area contributed by atoms with Gasteiger partial charge in [0.1, 0.15) is 5.75 Å². The molecule has 0 amide bonds. The highest BCUT2D eigenvalue weighted by molar-refractivity contribution is 5.79. The summed E-state index contributed by atoms with van der Waals surface area (Å²) >= 11 is 0. The fourth-order valence-corrected chi connectivity index (χ4v) is 2.51. The number of guanidine groups is 1. The first-order valence-corrected chi connectivity index (χ1v) is 9.96. The van der Waals surface area contributed by atoms with Crippen molar-refractivity contribution in [3.63, 3.8) is 0 Å². The third-order valence-electron chi connectivity index (χ3n) is 4.43. The molecular weight excluding hydrogens is 354 g/mol. The van der Waals surface area contributed by atoms with E-state index in [1.165, 1.54) is 5.56 Å². The summed E-state index contributed by atoms with van der Waals surface area (Å²) in [7, 11) is 1.75. The van der Waals surface area contributed by atoms with Crippen LogP contribution >= 0.6 is 0 Å². The molecule has 2 rings (SSSR count). The zero-order valence-corrected chi connectivity index (χ0v) is 17.9. The summed E-state index contributed by atoms with van der Waals surface area (Å²) in [5.41, 5.74) is 2.29. The zero-order chi connectivity index (χ0) is 20.5. The summed E-state index contributed by atoms with van der Waals surface area (Å²) in [6.45, 7) is 11.7. The molecule has 0 bridgehead atoms. The minimum absolute atomic E-state index is 0.183. The third kappa shape index (κ3) is 6.55. The van der Waals surface area contributed by atoms with E-state index >= 15 is 0 Å². The van der Waals surface area contributed by atoms with E-state index < -0.39 is 0 Å². The Balaban J connectivity index is 1.88. The molecule has 1 aromatic heterocycles. The van der Waals surface area contributed by atoms with Crippen molar-refractivity contribution in [3.8, 4) is 5.75 Å². The van der Waals surface area contributed by atoms with E-state index in [0.717, 1.165) is 29.5 Å². The average Bonchev–Trinajstić information content (AvgIpc) is 3.15. The van der Waals surface area contributed by atoms with Gasteiger partial charge < -0.3 is 19.9 Å². The standard InChI is InChI=1S/C21H33N5O2/c1-7-16(5)27-18-12-15(4)8-9-17(18)13-24-21(22-6)23-11-10-19-25-20(14(2)3)26-28-19/h8-9,12,14,16H,7,10-11,13H2,1-6H3,(H2,22,23,24). The maximum atomic E-state index is 6.07. The summed E-state index contributed by atoms with van der Waals surface area (Å²) < 4.78 is 11.3. The number of nitrogens with zero attached hydrogens (tertiary/aromatic N) is 3. The van der Waals surface area contributed by atoms with Crippen LogP contribution in [0.5, 0.6) is 5.75 Å². The number of nitrogens with one attached hydrogen (secondary N) is 2. The van der Waals surface area contributed by atoms with Gasteiger partial charge in [-0.3, -0.25) is 4.99 Å². The second kappa shape index (κ2) is 10.7. The van der Waals surface area contributed by atoms with Crippen molar-refractivity contribution in [3.05, 3.63) is 41.0 Å². The number of ether oxygens (including phenoxy) is 1. The van der Waals surface area contributed by atoms with Crippen LogP contribution in [0.15, 0.2) is 27.7 Å². The molecular formula is C21H33N5O2. The molecule has 0 saturated heterocycles. The van der Waals surface area contributed by atoms with Gasteiger partial charge in [-0.25, -0.2) is 0 Å². The van der Waals surface area contributed by atoms with E-state index in [9.17, 15) is 0 Å². The van der Waals surface area contributed by atoms with Gasteiger partial charge in [-0.1, -0.05) is 38.1 Å². The number of aromatic nitrogens is 2. The summed E-state index contributed by atoms with van der Waals surface area (Å²) in [5, 5.41) is 10.6. The van der Waals surface area contributed by atoms with Crippen molar-refractivity contribution in [2.45, 2.75) is 66.0 Å². The van der Waals surface area contributed by atoms with Crippen molar-refractivity contribution < 1.29 is 9.26 Å². The van der Waals surface area contributed by atoms with E-state index in [2.05, 4.69) is 64.7 Å². The molecule has 0 aliphatic heterocycles. The maximum absolute atomic E-state index is 6.07. The van der Waals surface area contributed by atoms with Crippen LogP contribution < -0.4 is 15.4 Å². The quantitative estimate of drug-likeness (QED) is 0.505. The molecule has 0 spiro atoms. The summed E-state index contributed by atoms with van der Waals surface area (Å²) in [6.07, 6.45) is 1.80. The Hall–Kier alpha value is -2.57. The number of aliphatic imine (C=N–C) groups is 1. The Morgan fingerprint density at radius 2 is 2.04 bits per heavy atom. The molecule has 1 heterocycles. The predicted molar refractivity (Wildman–Crippen MR) is 112 cm³/mol. The Morgan fingerprint density at radius 1 is 1.25 bits per heavy atom. The predicted octanol–water partition coefficient (Wildman–Crippen LogP) is 3.59. The van der Waals surface area contributed by atoms with Gasteiger partial charge >= 0.3 is 0 Å². The van der Waals surface area contributed by atoms with Crippen molar-refractivity contribution >= 4 is 5.96 Å². The van der Waals surface area contributed by atoms with Gasteiger partial charge in [-0.2, -0.15) is 4.98 Å².